The second kappa shape index (κ2) is 54.7. The van der Waals surface area contributed by atoms with Crippen molar-refractivity contribution in [1.82, 2.24) is 0 Å². The summed E-state index contributed by atoms with van der Waals surface area (Å²) in [6.07, 6.45) is 57.7. The molecule has 0 radical (unpaired) electrons. The van der Waals surface area contributed by atoms with Crippen LogP contribution in [0, 0.1) is 0 Å². The van der Waals surface area contributed by atoms with Crippen molar-refractivity contribution in [3.05, 3.63) is 48.6 Å². The van der Waals surface area contributed by atoms with Crippen molar-refractivity contribution in [1.29, 1.82) is 0 Å². The number of hydrogen-bond donors (Lipinski definition) is 2. The summed E-state index contributed by atoms with van der Waals surface area (Å²) in [6.45, 7) is 4.60. The Labute approximate surface area is 441 Å². The Morgan fingerprint density at radius 3 is 1.06 bits per heavy atom. The molecule has 0 rings (SSSR count). The molecule has 3 unspecified atom stereocenters. The van der Waals surface area contributed by atoms with Gasteiger partial charge in [-0.05, 0) is 83.5 Å². The quantitative estimate of drug-likeness (QED) is 0.0197. The fourth-order valence-corrected chi connectivity index (χ4v) is 8.97. The summed E-state index contributed by atoms with van der Waals surface area (Å²) in [7, 11) is -4.75. The van der Waals surface area contributed by atoms with E-state index in [1.165, 1.54) is 128 Å². The van der Waals surface area contributed by atoms with Crippen LogP contribution in [0.25, 0.3) is 0 Å². The van der Waals surface area contributed by atoms with E-state index in [1.807, 2.05) is 0 Å². The Hall–Kier alpha value is -2.56. The molecule has 72 heavy (non-hydrogen) atoms. The highest BCUT2D eigenvalue weighted by atomic mass is 31.2. The summed E-state index contributed by atoms with van der Waals surface area (Å²) in [6, 6.07) is 0. The Balaban J connectivity index is 4.73. The fraction of sp³-hybridized carbons (Fsp3) is 0.817. The summed E-state index contributed by atoms with van der Waals surface area (Å²) in [4.78, 5) is 48.5. The lowest BCUT2D eigenvalue weighted by molar-refractivity contribution is -0.161. The largest absolute Gasteiger partial charge is 0.472 e. The highest BCUT2D eigenvalue weighted by Gasteiger charge is 2.28. The number of rotatable bonds is 55. The van der Waals surface area contributed by atoms with E-state index in [0.29, 0.717) is 19.3 Å². The van der Waals surface area contributed by atoms with Crippen molar-refractivity contribution < 1.29 is 52.2 Å². The van der Waals surface area contributed by atoms with Gasteiger partial charge in [0.2, 0.25) is 0 Å². The number of hydrogen-bond acceptors (Lipinski definition) is 10. The molecule has 0 aromatic heterocycles. The molecule has 0 bridgehead atoms. The number of phosphoric acid groups is 1. The average molecular weight is 1040 g/mol. The fourth-order valence-electron chi connectivity index (χ4n) is 8.18. The molecule has 0 fully saturated rings. The predicted molar refractivity (Wildman–Crippen MR) is 298 cm³/mol. The highest BCUT2D eigenvalue weighted by Crippen LogP contribution is 2.43. The molecule has 0 spiro atoms. The van der Waals surface area contributed by atoms with Gasteiger partial charge in [-0.15, -0.1) is 0 Å². The third-order valence-electron chi connectivity index (χ3n) is 12.7. The maximum atomic E-state index is 12.9. The molecule has 0 amide bonds. The molecule has 0 heterocycles. The van der Waals surface area contributed by atoms with Crippen molar-refractivity contribution in [2.45, 2.75) is 290 Å². The number of phosphoric ester groups is 1. The van der Waals surface area contributed by atoms with Crippen LogP contribution in [0.3, 0.4) is 0 Å². The van der Waals surface area contributed by atoms with Gasteiger partial charge in [0.15, 0.2) is 6.10 Å². The Kier molecular flexibility index (Phi) is 52.7. The first-order valence-corrected chi connectivity index (χ1v) is 31.0. The number of carbonyl (C=O) groups is 3. The minimum Gasteiger partial charge on any atom is -0.462 e. The number of esters is 3. The van der Waals surface area contributed by atoms with Gasteiger partial charge < -0.3 is 24.2 Å². The minimum atomic E-state index is -4.75. The van der Waals surface area contributed by atoms with Crippen LogP contribution < -0.4 is 0 Å². The van der Waals surface area contributed by atoms with Gasteiger partial charge in [-0.3, -0.25) is 23.4 Å². The van der Waals surface area contributed by atoms with Crippen LogP contribution in [0.5, 0.6) is 0 Å². The molecule has 11 nitrogen and oxygen atoms in total. The Morgan fingerprint density at radius 2 is 0.681 bits per heavy atom. The SMILES string of the molecule is CCCCC/C=C\C/C=C\CCCCCCCCCC(=O)OCC(COP(=O)(O)OCC(CO)OC(=O)CCCCCCCCCCCCC)OC(=O)CCCCCCCCC/C=C\C/C=C\CCCCC. The summed E-state index contributed by atoms with van der Waals surface area (Å²) < 4.78 is 39.5. The molecule has 0 aliphatic heterocycles. The third kappa shape index (κ3) is 52.3. The van der Waals surface area contributed by atoms with Gasteiger partial charge in [0, 0.05) is 19.3 Å². The van der Waals surface area contributed by atoms with Crippen molar-refractivity contribution in [3.63, 3.8) is 0 Å². The van der Waals surface area contributed by atoms with Crippen molar-refractivity contribution >= 4 is 25.7 Å². The summed E-state index contributed by atoms with van der Waals surface area (Å²) in [5.74, 6) is -1.47. The van der Waals surface area contributed by atoms with Crippen molar-refractivity contribution in [2.24, 2.45) is 0 Å². The topological polar surface area (TPSA) is 155 Å². The smallest absolute Gasteiger partial charge is 0.462 e. The number of carbonyl (C=O) groups excluding carboxylic acids is 3. The maximum absolute atomic E-state index is 12.9. The second-order valence-corrected chi connectivity index (χ2v) is 21.3. The Bertz CT molecular complexity index is 1400. The lowest BCUT2D eigenvalue weighted by atomic mass is 10.1. The van der Waals surface area contributed by atoms with Crippen LogP contribution in [0.1, 0.15) is 278 Å². The van der Waals surface area contributed by atoms with E-state index in [4.69, 9.17) is 23.3 Å². The van der Waals surface area contributed by atoms with Crippen molar-refractivity contribution in [2.75, 3.05) is 26.4 Å². The van der Waals surface area contributed by atoms with E-state index in [-0.39, 0.29) is 25.9 Å². The molecule has 0 saturated heterocycles. The molecule has 0 aliphatic carbocycles. The molecular weight excluding hydrogens is 928 g/mol. The van der Waals surface area contributed by atoms with Gasteiger partial charge in [0.05, 0.1) is 19.8 Å². The second-order valence-electron chi connectivity index (χ2n) is 19.8. The lowest BCUT2D eigenvalue weighted by Crippen LogP contribution is -2.30. The summed E-state index contributed by atoms with van der Waals surface area (Å²) in [5.41, 5.74) is 0. The molecular formula is C60H109O11P. The highest BCUT2D eigenvalue weighted by molar-refractivity contribution is 7.47. The third-order valence-corrected chi connectivity index (χ3v) is 13.7. The normalized spacial score (nSPS) is 13.7. The Morgan fingerprint density at radius 1 is 0.389 bits per heavy atom. The monoisotopic (exact) mass is 1040 g/mol. The predicted octanol–water partition coefficient (Wildman–Crippen LogP) is 17.4. The zero-order valence-corrected chi connectivity index (χ0v) is 47.3. The van der Waals surface area contributed by atoms with Crippen LogP contribution >= 0.6 is 7.82 Å². The van der Waals surface area contributed by atoms with Crippen LogP contribution in [-0.4, -0.2) is 66.5 Å². The maximum Gasteiger partial charge on any atom is 0.472 e. The lowest BCUT2D eigenvalue weighted by Gasteiger charge is -2.21. The van der Waals surface area contributed by atoms with Crippen molar-refractivity contribution in [3.8, 4) is 0 Å². The molecule has 0 aliphatic rings. The van der Waals surface area contributed by atoms with E-state index < -0.39 is 57.8 Å². The molecule has 0 saturated carbocycles. The number of aliphatic hydroxyl groups excluding tert-OH is 1. The number of ether oxygens (including phenoxy) is 3. The molecule has 3 atom stereocenters. The van der Waals surface area contributed by atoms with Gasteiger partial charge in [0.25, 0.3) is 0 Å². The summed E-state index contributed by atoms with van der Waals surface area (Å²) >= 11 is 0. The van der Waals surface area contributed by atoms with E-state index >= 15 is 0 Å². The first-order valence-electron chi connectivity index (χ1n) is 29.5. The van der Waals surface area contributed by atoms with Gasteiger partial charge in [-0.25, -0.2) is 4.57 Å². The van der Waals surface area contributed by atoms with E-state index in [0.717, 1.165) is 89.9 Å². The minimum absolute atomic E-state index is 0.159. The van der Waals surface area contributed by atoms with Gasteiger partial charge in [0.1, 0.15) is 12.7 Å². The molecule has 2 N–H and O–H groups in total. The molecule has 0 aromatic rings. The number of unbranched alkanes of at least 4 members (excludes halogenated alkanes) is 30. The first kappa shape index (κ1) is 69.4. The first-order chi connectivity index (χ1) is 35.2. The van der Waals surface area contributed by atoms with Crippen LogP contribution in [0.2, 0.25) is 0 Å². The number of aliphatic hydroxyl groups is 1. The molecule has 420 valence electrons. The number of allylic oxidation sites excluding steroid dienone is 8. The van der Waals surface area contributed by atoms with Crippen LogP contribution in [-0.2, 0) is 42.2 Å². The van der Waals surface area contributed by atoms with E-state index in [9.17, 15) is 28.9 Å². The van der Waals surface area contributed by atoms with Crippen LogP contribution in [0.15, 0.2) is 48.6 Å². The van der Waals surface area contributed by atoms with Gasteiger partial charge >= 0.3 is 25.7 Å². The molecule has 0 aromatic carbocycles. The standard InChI is InChI=1S/C60H109O11P/c1-4-7-10-13-16-19-22-24-26-28-30-32-35-37-40-43-46-49-58(62)67-53-57(71-60(64)51-48-45-42-39-36-33-31-29-27-25-23-20-17-14-11-8-5-2)55-69-72(65,66)68-54-56(52-61)70-59(63)50-47-44-41-38-34-21-18-15-12-9-6-3/h16-17,19-20,24-27,56-57,61H,4-15,18,21-23,28-55H2,1-3H3,(H,65,66)/b19-16-,20-17-,26-24-,27-25-. The zero-order valence-electron chi connectivity index (χ0n) is 46.4. The average Bonchev–Trinajstić information content (AvgIpc) is 3.37. The zero-order chi connectivity index (χ0) is 52.7. The molecule has 12 heteroatoms. The van der Waals surface area contributed by atoms with Crippen LogP contribution in [0.4, 0.5) is 0 Å². The van der Waals surface area contributed by atoms with Gasteiger partial charge in [-0.1, -0.05) is 223 Å². The van der Waals surface area contributed by atoms with E-state index in [1.54, 1.807) is 0 Å². The summed E-state index contributed by atoms with van der Waals surface area (Å²) in [5, 5.41) is 9.80. The van der Waals surface area contributed by atoms with Gasteiger partial charge in [-0.2, -0.15) is 0 Å². The van der Waals surface area contributed by atoms with E-state index in [2.05, 4.69) is 69.4 Å².